The van der Waals surface area contributed by atoms with Crippen LogP contribution in [0.1, 0.15) is 29.5 Å². The third-order valence-electron chi connectivity index (χ3n) is 5.35. The number of rotatable bonds is 3. The molecule has 4 heteroatoms. The van der Waals surface area contributed by atoms with E-state index >= 15 is 0 Å². The van der Waals surface area contributed by atoms with Crippen molar-refractivity contribution in [1.29, 1.82) is 0 Å². The van der Waals surface area contributed by atoms with E-state index in [1.165, 1.54) is 11.1 Å². The molecule has 0 amide bonds. The lowest BCUT2D eigenvalue weighted by molar-refractivity contribution is -0.0568. The highest BCUT2D eigenvalue weighted by atomic mass is 35.5. The van der Waals surface area contributed by atoms with E-state index in [-0.39, 0.29) is 5.60 Å². The molecule has 2 aliphatic heterocycles. The van der Waals surface area contributed by atoms with Crippen molar-refractivity contribution in [1.82, 2.24) is 4.90 Å². The van der Waals surface area contributed by atoms with Crippen molar-refractivity contribution < 1.29 is 9.47 Å². The Labute approximate surface area is 148 Å². The highest BCUT2D eigenvalue weighted by molar-refractivity contribution is 6.33. The average molecular weight is 344 g/mol. The number of ether oxygens (including phenoxy) is 2. The van der Waals surface area contributed by atoms with Crippen LogP contribution in [0.2, 0.25) is 5.02 Å². The Morgan fingerprint density at radius 1 is 1.25 bits per heavy atom. The monoisotopic (exact) mass is 343 g/mol. The molecule has 0 aromatic heterocycles. The van der Waals surface area contributed by atoms with Gasteiger partial charge in [-0.05, 0) is 24.1 Å². The summed E-state index contributed by atoms with van der Waals surface area (Å²) in [7, 11) is 1.65. The van der Waals surface area contributed by atoms with Gasteiger partial charge in [0.2, 0.25) is 0 Å². The van der Waals surface area contributed by atoms with Gasteiger partial charge in [-0.3, -0.25) is 4.90 Å². The summed E-state index contributed by atoms with van der Waals surface area (Å²) in [6.45, 7) is 5.66. The number of methoxy groups -OCH3 is 1. The maximum Gasteiger partial charge on any atom is 0.137 e. The predicted molar refractivity (Wildman–Crippen MR) is 95.7 cm³/mol. The lowest BCUT2D eigenvalue weighted by Gasteiger charge is -2.37. The molecule has 0 spiro atoms. The normalized spacial score (nSPS) is 26.0. The minimum atomic E-state index is -0.153. The van der Waals surface area contributed by atoms with Gasteiger partial charge in [-0.25, -0.2) is 0 Å². The molecule has 0 aliphatic carbocycles. The first-order valence-electron chi connectivity index (χ1n) is 8.36. The number of nitrogens with zero attached hydrogens (tertiary/aromatic N) is 1. The predicted octanol–water partition coefficient (Wildman–Crippen LogP) is 4.24. The number of benzene rings is 2. The van der Waals surface area contributed by atoms with Gasteiger partial charge in [0.15, 0.2) is 0 Å². The Morgan fingerprint density at radius 2 is 2.04 bits per heavy atom. The van der Waals surface area contributed by atoms with E-state index in [9.17, 15) is 0 Å². The summed E-state index contributed by atoms with van der Waals surface area (Å²) in [6, 6.07) is 14.8. The summed E-state index contributed by atoms with van der Waals surface area (Å²) in [5.74, 6) is 1.06. The molecule has 2 aliphatic rings. The summed E-state index contributed by atoms with van der Waals surface area (Å²) in [5.41, 5.74) is 3.58. The fraction of sp³-hybridized carbons (Fsp3) is 0.400. The molecule has 0 saturated carbocycles. The standard InChI is InChI=1S/C20H22ClNO2/c1-20-13-22(10-14-6-4-3-5-7-14)11-17(20)15-8-9-18(23-2)19(21)16(15)12-24-20/h3-9,17H,10-13H2,1-2H3/t17-,20+/m1/s1. The van der Waals surface area contributed by atoms with Crippen molar-refractivity contribution in [3.05, 3.63) is 64.2 Å². The summed E-state index contributed by atoms with van der Waals surface area (Å²) in [6.07, 6.45) is 0. The smallest absolute Gasteiger partial charge is 0.137 e. The quantitative estimate of drug-likeness (QED) is 0.832. The van der Waals surface area contributed by atoms with Crippen LogP contribution in [0.25, 0.3) is 0 Å². The zero-order valence-electron chi connectivity index (χ0n) is 14.1. The van der Waals surface area contributed by atoms with E-state index < -0.39 is 0 Å². The number of hydrogen-bond acceptors (Lipinski definition) is 3. The summed E-state index contributed by atoms with van der Waals surface area (Å²) in [4.78, 5) is 2.48. The van der Waals surface area contributed by atoms with E-state index in [1.807, 2.05) is 6.07 Å². The molecular weight excluding hydrogens is 322 g/mol. The highest BCUT2D eigenvalue weighted by Crippen LogP contribution is 2.47. The van der Waals surface area contributed by atoms with Crippen molar-refractivity contribution >= 4 is 11.6 Å². The van der Waals surface area contributed by atoms with Gasteiger partial charge in [-0.2, -0.15) is 0 Å². The second kappa shape index (κ2) is 6.07. The van der Waals surface area contributed by atoms with Crippen molar-refractivity contribution in [2.45, 2.75) is 31.6 Å². The molecule has 0 N–H and O–H groups in total. The van der Waals surface area contributed by atoms with Crippen LogP contribution in [0, 0.1) is 0 Å². The highest BCUT2D eigenvalue weighted by Gasteiger charge is 2.48. The molecule has 2 atom stereocenters. The van der Waals surface area contributed by atoms with Crippen LogP contribution in [0.3, 0.4) is 0 Å². The van der Waals surface area contributed by atoms with Gasteiger partial charge in [-0.15, -0.1) is 0 Å². The second-order valence-corrected chi connectivity index (χ2v) is 7.34. The van der Waals surface area contributed by atoms with Gasteiger partial charge in [0, 0.05) is 31.1 Å². The SMILES string of the molecule is COc1ccc2c(c1Cl)CO[C@@]1(C)CN(Cc3ccccc3)C[C@H]21. The van der Waals surface area contributed by atoms with Gasteiger partial charge in [0.25, 0.3) is 0 Å². The lowest BCUT2D eigenvalue weighted by atomic mass is 9.81. The third-order valence-corrected chi connectivity index (χ3v) is 5.76. The first-order valence-corrected chi connectivity index (χ1v) is 8.74. The van der Waals surface area contributed by atoms with E-state index in [2.05, 4.69) is 48.2 Å². The Hall–Kier alpha value is -1.55. The Kier molecular flexibility index (Phi) is 4.03. The zero-order chi connectivity index (χ0) is 16.7. The maximum atomic E-state index is 6.51. The minimum Gasteiger partial charge on any atom is -0.495 e. The maximum absolute atomic E-state index is 6.51. The molecule has 126 valence electrons. The molecule has 1 saturated heterocycles. The van der Waals surface area contributed by atoms with Crippen LogP contribution < -0.4 is 4.74 Å². The van der Waals surface area contributed by atoms with Crippen LogP contribution >= 0.6 is 11.6 Å². The summed E-state index contributed by atoms with van der Waals surface area (Å²) in [5, 5.41) is 0.693. The van der Waals surface area contributed by atoms with Crippen LogP contribution in [-0.2, 0) is 17.9 Å². The van der Waals surface area contributed by atoms with Crippen molar-refractivity contribution in [3.63, 3.8) is 0 Å². The first kappa shape index (κ1) is 15.9. The van der Waals surface area contributed by atoms with Crippen molar-refractivity contribution in [3.8, 4) is 5.75 Å². The third kappa shape index (κ3) is 2.61. The molecule has 2 heterocycles. The number of fused-ring (bicyclic) bond motifs is 3. The van der Waals surface area contributed by atoms with Gasteiger partial charge in [-0.1, -0.05) is 48.0 Å². The largest absolute Gasteiger partial charge is 0.495 e. The number of halogens is 1. The number of likely N-dealkylation sites (tertiary alicyclic amines) is 1. The molecule has 3 nitrogen and oxygen atoms in total. The molecule has 0 radical (unpaired) electrons. The summed E-state index contributed by atoms with van der Waals surface area (Å²) >= 11 is 6.51. The molecule has 0 bridgehead atoms. The summed E-state index contributed by atoms with van der Waals surface area (Å²) < 4.78 is 11.6. The topological polar surface area (TPSA) is 21.7 Å². The molecule has 1 fully saturated rings. The Bertz CT molecular complexity index is 749. The van der Waals surface area contributed by atoms with Crippen LogP contribution in [0.15, 0.2) is 42.5 Å². The van der Waals surface area contributed by atoms with Gasteiger partial charge in [0.1, 0.15) is 5.75 Å². The molecule has 0 unspecified atom stereocenters. The zero-order valence-corrected chi connectivity index (χ0v) is 14.8. The molecule has 2 aromatic rings. The van der Waals surface area contributed by atoms with Crippen molar-refractivity contribution in [2.75, 3.05) is 20.2 Å². The van der Waals surface area contributed by atoms with Gasteiger partial charge < -0.3 is 9.47 Å². The molecule has 4 rings (SSSR count). The van der Waals surface area contributed by atoms with Gasteiger partial charge >= 0.3 is 0 Å². The van der Waals surface area contributed by atoms with Crippen LogP contribution in [0.5, 0.6) is 5.75 Å². The van der Waals surface area contributed by atoms with E-state index in [0.29, 0.717) is 17.5 Å². The Morgan fingerprint density at radius 3 is 2.79 bits per heavy atom. The minimum absolute atomic E-state index is 0.153. The lowest BCUT2D eigenvalue weighted by Crippen LogP contribution is -2.40. The van der Waals surface area contributed by atoms with E-state index in [4.69, 9.17) is 21.1 Å². The van der Waals surface area contributed by atoms with Gasteiger partial charge in [0.05, 0.1) is 24.3 Å². The fourth-order valence-electron chi connectivity index (χ4n) is 4.09. The van der Waals surface area contributed by atoms with E-state index in [1.54, 1.807) is 7.11 Å². The molecule has 24 heavy (non-hydrogen) atoms. The van der Waals surface area contributed by atoms with Crippen molar-refractivity contribution in [2.24, 2.45) is 0 Å². The Balaban J connectivity index is 1.62. The second-order valence-electron chi connectivity index (χ2n) is 6.96. The van der Waals surface area contributed by atoms with Crippen LogP contribution in [-0.4, -0.2) is 30.7 Å². The first-order chi connectivity index (χ1) is 11.6. The fourth-order valence-corrected chi connectivity index (χ4v) is 4.39. The van der Waals surface area contributed by atoms with Crippen LogP contribution in [0.4, 0.5) is 0 Å². The van der Waals surface area contributed by atoms with E-state index in [0.717, 1.165) is 30.9 Å². The number of hydrogen-bond donors (Lipinski definition) is 0. The molecular formula is C20H22ClNO2. The average Bonchev–Trinajstić information content (AvgIpc) is 2.92. The molecule has 2 aromatic carbocycles.